The molecule has 0 saturated heterocycles. The Morgan fingerprint density at radius 3 is 2.62 bits per heavy atom. The first-order valence-corrected chi connectivity index (χ1v) is 13.1. The van der Waals surface area contributed by atoms with Crippen molar-refractivity contribution in [3.05, 3.63) is 95.6 Å². The maximum Gasteiger partial charge on any atom is 0.251 e. The predicted octanol–water partition coefficient (Wildman–Crippen LogP) is 4.99. The topological polar surface area (TPSA) is 102 Å². The molecule has 2 amide bonds. The smallest absolute Gasteiger partial charge is 0.251 e. The van der Waals surface area contributed by atoms with Crippen LogP contribution in [-0.2, 0) is 11.3 Å². The van der Waals surface area contributed by atoms with Crippen LogP contribution in [0.25, 0.3) is 15.9 Å². The largest absolute Gasteiger partial charge is 0.345 e. The molecule has 0 fully saturated rings. The van der Waals surface area contributed by atoms with Gasteiger partial charge in [0.2, 0.25) is 5.91 Å². The van der Waals surface area contributed by atoms with Crippen LogP contribution in [0.15, 0.2) is 78.0 Å². The highest BCUT2D eigenvalue weighted by Crippen LogP contribution is 2.26. The molecule has 186 valence electrons. The summed E-state index contributed by atoms with van der Waals surface area (Å²) >= 11 is 2.58. The molecule has 2 aromatic heterocycles. The Morgan fingerprint density at radius 1 is 1.03 bits per heavy atom. The first-order chi connectivity index (χ1) is 18.0. The molecule has 0 spiro atoms. The molecular weight excluding hydrogens is 511 g/mol. The lowest BCUT2D eigenvalue weighted by Gasteiger charge is -2.11. The Labute approximate surface area is 220 Å². The lowest BCUT2D eigenvalue weighted by Crippen LogP contribution is -2.24. The van der Waals surface area contributed by atoms with E-state index in [4.69, 9.17) is 0 Å². The fraction of sp³-hybridized carbons (Fsp3) is 0.115. The highest BCUT2D eigenvalue weighted by atomic mass is 32.2. The minimum absolute atomic E-state index is 0.0604. The number of carbonyl (C=O) groups is 2. The van der Waals surface area contributed by atoms with Gasteiger partial charge in [0.1, 0.15) is 5.82 Å². The summed E-state index contributed by atoms with van der Waals surface area (Å²) in [5.74, 6) is -0.365. The molecule has 2 heterocycles. The number of rotatable bonds is 8. The molecule has 5 rings (SSSR count). The normalized spacial score (nSPS) is 11.0. The van der Waals surface area contributed by atoms with Crippen molar-refractivity contribution in [1.29, 1.82) is 0 Å². The molecule has 2 N–H and O–H groups in total. The van der Waals surface area contributed by atoms with Gasteiger partial charge in [-0.05, 0) is 55.5 Å². The number of halogens is 1. The molecule has 0 saturated carbocycles. The van der Waals surface area contributed by atoms with Gasteiger partial charge < -0.3 is 10.6 Å². The second-order valence-electron chi connectivity index (χ2n) is 8.09. The lowest BCUT2D eigenvalue weighted by molar-refractivity contribution is -0.113. The number of hydrogen-bond acceptors (Lipinski definition) is 7. The van der Waals surface area contributed by atoms with Crippen molar-refractivity contribution in [2.24, 2.45) is 0 Å². The average Bonchev–Trinajstić information content (AvgIpc) is 3.49. The van der Waals surface area contributed by atoms with Crippen LogP contribution in [-0.4, -0.2) is 37.3 Å². The fourth-order valence-corrected chi connectivity index (χ4v) is 5.27. The van der Waals surface area contributed by atoms with E-state index in [9.17, 15) is 14.0 Å². The van der Waals surface area contributed by atoms with Crippen LogP contribution >= 0.6 is 23.1 Å². The van der Waals surface area contributed by atoms with Gasteiger partial charge in [-0.15, -0.1) is 10.2 Å². The van der Waals surface area contributed by atoms with E-state index in [-0.39, 0.29) is 29.9 Å². The maximum atomic E-state index is 13.6. The van der Waals surface area contributed by atoms with E-state index in [1.54, 1.807) is 28.8 Å². The number of amides is 2. The second kappa shape index (κ2) is 10.9. The molecule has 0 bridgehead atoms. The van der Waals surface area contributed by atoms with Gasteiger partial charge in [-0.25, -0.2) is 9.37 Å². The number of aromatic nitrogens is 4. The van der Waals surface area contributed by atoms with Gasteiger partial charge in [-0.3, -0.25) is 14.2 Å². The van der Waals surface area contributed by atoms with Gasteiger partial charge in [0, 0.05) is 11.3 Å². The monoisotopic (exact) mass is 532 g/mol. The highest BCUT2D eigenvalue weighted by Gasteiger charge is 2.18. The summed E-state index contributed by atoms with van der Waals surface area (Å²) in [6, 6.07) is 20.8. The second-order valence-corrected chi connectivity index (χ2v) is 10.1. The van der Waals surface area contributed by atoms with E-state index in [0.29, 0.717) is 27.4 Å². The standard InChI is InChI=1S/C26H21FN6O2S2/c1-16-5-4-6-17(13-16)24(35)28-14-22-31-32-26(33(22)19-11-9-18(27)10-12-19)36-15-23(34)30-25-29-20-7-2-3-8-21(20)37-25/h2-13H,14-15H2,1H3,(H,28,35)(H,29,30,34). The third-order valence-electron chi connectivity index (χ3n) is 5.35. The molecular formula is C26H21FN6O2S2. The predicted molar refractivity (Wildman–Crippen MR) is 143 cm³/mol. The van der Waals surface area contributed by atoms with E-state index in [1.165, 1.54) is 35.2 Å². The molecule has 0 unspecified atom stereocenters. The van der Waals surface area contributed by atoms with Crippen molar-refractivity contribution in [3.8, 4) is 5.69 Å². The van der Waals surface area contributed by atoms with Crippen LogP contribution in [0, 0.1) is 12.7 Å². The molecule has 5 aromatic rings. The van der Waals surface area contributed by atoms with Crippen LogP contribution in [0.3, 0.4) is 0 Å². The molecule has 0 aliphatic rings. The fourth-order valence-electron chi connectivity index (χ4n) is 3.62. The zero-order valence-corrected chi connectivity index (χ0v) is 21.3. The van der Waals surface area contributed by atoms with Gasteiger partial charge in [0.25, 0.3) is 5.91 Å². The molecule has 37 heavy (non-hydrogen) atoms. The third kappa shape index (κ3) is 5.84. The number of aryl methyl sites for hydroxylation is 1. The summed E-state index contributed by atoms with van der Waals surface area (Å²) in [5.41, 5.74) is 2.95. The van der Waals surface area contributed by atoms with Crippen molar-refractivity contribution in [2.45, 2.75) is 18.6 Å². The number of nitrogens with zero attached hydrogens (tertiary/aromatic N) is 4. The van der Waals surface area contributed by atoms with Crippen molar-refractivity contribution in [2.75, 3.05) is 11.1 Å². The van der Waals surface area contributed by atoms with Gasteiger partial charge in [-0.2, -0.15) is 0 Å². The van der Waals surface area contributed by atoms with Crippen molar-refractivity contribution in [3.63, 3.8) is 0 Å². The summed E-state index contributed by atoms with van der Waals surface area (Å²) in [6.45, 7) is 2.01. The van der Waals surface area contributed by atoms with E-state index in [2.05, 4.69) is 25.8 Å². The van der Waals surface area contributed by atoms with Gasteiger partial charge in [0.15, 0.2) is 16.1 Å². The van der Waals surface area contributed by atoms with E-state index >= 15 is 0 Å². The SMILES string of the molecule is Cc1cccc(C(=O)NCc2nnc(SCC(=O)Nc3nc4ccccc4s3)n2-c2ccc(F)cc2)c1. The van der Waals surface area contributed by atoms with Crippen molar-refractivity contribution < 1.29 is 14.0 Å². The van der Waals surface area contributed by atoms with Crippen molar-refractivity contribution in [1.82, 2.24) is 25.1 Å². The zero-order chi connectivity index (χ0) is 25.8. The van der Waals surface area contributed by atoms with Gasteiger partial charge in [-0.1, -0.05) is 52.9 Å². The molecule has 8 nitrogen and oxygen atoms in total. The van der Waals surface area contributed by atoms with Crippen LogP contribution < -0.4 is 10.6 Å². The van der Waals surface area contributed by atoms with Crippen molar-refractivity contribution >= 4 is 50.3 Å². The van der Waals surface area contributed by atoms with Gasteiger partial charge in [0.05, 0.1) is 22.5 Å². The average molecular weight is 533 g/mol. The van der Waals surface area contributed by atoms with E-state index in [1.807, 2.05) is 43.3 Å². The Bertz CT molecular complexity index is 1550. The molecule has 0 aliphatic heterocycles. The molecule has 0 atom stereocenters. The minimum Gasteiger partial charge on any atom is -0.345 e. The summed E-state index contributed by atoms with van der Waals surface area (Å²) in [6.07, 6.45) is 0. The van der Waals surface area contributed by atoms with Crippen LogP contribution in [0.1, 0.15) is 21.7 Å². The number of nitrogens with one attached hydrogen (secondary N) is 2. The number of thiazole rings is 1. The number of carbonyl (C=O) groups excluding carboxylic acids is 2. The lowest BCUT2D eigenvalue weighted by atomic mass is 10.1. The molecule has 0 aliphatic carbocycles. The van der Waals surface area contributed by atoms with Crippen LogP contribution in [0.2, 0.25) is 0 Å². The van der Waals surface area contributed by atoms with E-state index in [0.717, 1.165) is 15.8 Å². The molecule has 0 radical (unpaired) electrons. The van der Waals surface area contributed by atoms with Crippen LogP contribution in [0.5, 0.6) is 0 Å². The summed E-state index contributed by atoms with van der Waals surface area (Å²) in [7, 11) is 0. The number of fused-ring (bicyclic) bond motifs is 1. The quantitative estimate of drug-likeness (QED) is 0.273. The number of anilines is 1. The zero-order valence-electron chi connectivity index (χ0n) is 19.6. The number of benzene rings is 3. The summed E-state index contributed by atoms with van der Waals surface area (Å²) in [4.78, 5) is 29.7. The summed E-state index contributed by atoms with van der Waals surface area (Å²) < 4.78 is 16.3. The Morgan fingerprint density at radius 2 is 1.84 bits per heavy atom. The minimum atomic E-state index is -0.379. The van der Waals surface area contributed by atoms with Crippen LogP contribution in [0.4, 0.5) is 9.52 Å². The maximum absolute atomic E-state index is 13.6. The first kappa shape index (κ1) is 24.6. The number of para-hydroxylation sites is 1. The van der Waals surface area contributed by atoms with Gasteiger partial charge >= 0.3 is 0 Å². The Balaban J connectivity index is 1.31. The number of thioether (sulfide) groups is 1. The Kier molecular flexibility index (Phi) is 7.24. The third-order valence-corrected chi connectivity index (χ3v) is 7.23. The summed E-state index contributed by atoms with van der Waals surface area (Å²) in [5, 5.41) is 15.1. The molecule has 3 aromatic carbocycles. The highest BCUT2D eigenvalue weighted by molar-refractivity contribution is 7.99. The van der Waals surface area contributed by atoms with E-state index < -0.39 is 0 Å². The first-order valence-electron chi connectivity index (χ1n) is 11.3. The number of hydrogen-bond donors (Lipinski definition) is 2. The molecule has 11 heteroatoms. The Hall–Kier alpha value is -4.09.